The van der Waals surface area contributed by atoms with Crippen molar-refractivity contribution < 1.29 is 9.90 Å². The Morgan fingerprint density at radius 1 is 1.29 bits per heavy atom. The number of hydrogen-bond acceptors (Lipinski definition) is 4. The van der Waals surface area contributed by atoms with Gasteiger partial charge < -0.3 is 15.7 Å². The van der Waals surface area contributed by atoms with Crippen LogP contribution in [0.1, 0.15) is 29.9 Å². The van der Waals surface area contributed by atoms with Crippen LogP contribution in [0.2, 0.25) is 0 Å². The molecule has 1 aromatic carbocycles. The SMILES string of the molecule is C=C(CNC(=O)c1ncc(-c2cccc(C)c2)cc1O)NC(C)C. The van der Waals surface area contributed by atoms with Crippen molar-refractivity contribution in [2.45, 2.75) is 26.8 Å². The number of aromatic nitrogens is 1. The summed E-state index contributed by atoms with van der Waals surface area (Å²) in [7, 11) is 0. The maximum atomic E-state index is 12.2. The maximum absolute atomic E-state index is 12.2. The molecule has 1 heterocycles. The molecule has 0 bridgehead atoms. The second-order valence-electron chi connectivity index (χ2n) is 6.05. The van der Waals surface area contributed by atoms with Gasteiger partial charge in [0.05, 0.1) is 6.54 Å². The van der Waals surface area contributed by atoms with Crippen LogP contribution in [0, 0.1) is 6.92 Å². The standard InChI is InChI=1S/C19H23N3O2/c1-12(2)22-14(4)10-21-19(24)18-17(23)9-16(11-20-18)15-7-5-6-13(3)8-15/h5-9,11-12,22-23H,4,10H2,1-3H3,(H,21,24). The van der Waals surface area contributed by atoms with Crippen LogP contribution in [0.25, 0.3) is 11.1 Å². The number of amides is 1. The normalized spacial score (nSPS) is 10.5. The zero-order valence-electron chi connectivity index (χ0n) is 14.3. The number of pyridine rings is 1. The Hall–Kier alpha value is -2.82. The molecule has 5 heteroatoms. The molecule has 0 spiro atoms. The van der Waals surface area contributed by atoms with Crippen molar-refractivity contribution in [3.8, 4) is 16.9 Å². The molecule has 0 aliphatic rings. The number of aryl methyl sites for hydroxylation is 1. The number of benzene rings is 1. The van der Waals surface area contributed by atoms with Gasteiger partial charge in [-0.25, -0.2) is 4.98 Å². The third-order valence-corrected chi connectivity index (χ3v) is 3.39. The van der Waals surface area contributed by atoms with E-state index in [-0.39, 0.29) is 24.0 Å². The summed E-state index contributed by atoms with van der Waals surface area (Å²) in [5.41, 5.74) is 3.53. The van der Waals surface area contributed by atoms with Crippen LogP contribution in [0.15, 0.2) is 48.8 Å². The van der Waals surface area contributed by atoms with Gasteiger partial charge in [-0.15, -0.1) is 0 Å². The number of carbonyl (C=O) groups excluding carboxylic acids is 1. The predicted octanol–water partition coefficient (Wildman–Crippen LogP) is 3.00. The van der Waals surface area contributed by atoms with Crippen LogP contribution < -0.4 is 10.6 Å². The summed E-state index contributed by atoms with van der Waals surface area (Å²) >= 11 is 0. The zero-order chi connectivity index (χ0) is 17.7. The molecule has 0 aliphatic heterocycles. The van der Waals surface area contributed by atoms with E-state index in [0.29, 0.717) is 5.70 Å². The molecule has 24 heavy (non-hydrogen) atoms. The molecule has 0 aliphatic carbocycles. The number of hydrogen-bond donors (Lipinski definition) is 3. The first-order valence-electron chi connectivity index (χ1n) is 7.85. The summed E-state index contributed by atoms with van der Waals surface area (Å²) in [4.78, 5) is 16.3. The van der Waals surface area contributed by atoms with Gasteiger partial charge in [0.1, 0.15) is 5.75 Å². The van der Waals surface area contributed by atoms with Crippen molar-refractivity contribution in [2.24, 2.45) is 0 Å². The van der Waals surface area contributed by atoms with Gasteiger partial charge in [-0.3, -0.25) is 4.79 Å². The van der Waals surface area contributed by atoms with Gasteiger partial charge in [0.15, 0.2) is 5.69 Å². The monoisotopic (exact) mass is 325 g/mol. The van der Waals surface area contributed by atoms with Crippen molar-refractivity contribution >= 4 is 5.91 Å². The van der Waals surface area contributed by atoms with Crippen LogP contribution in [-0.2, 0) is 0 Å². The quantitative estimate of drug-likeness (QED) is 0.763. The Morgan fingerprint density at radius 3 is 2.67 bits per heavy atom. The summed E-state index contributed by atoms with van der Waals surface area (Å²) in [5, 5.41) is 15.9. The summed E-state index contributed by atoms with van der Waals surface area (Å²) in [6.45, 7) is 10.1. The van der Waals surface area contributed by atoms with Gasteiger partial charge in [-0.2, -0.15) is 0 Å². The highest BCUT2D eigenvalue weighted by Crippen LogP contribution is 2.25. The van der Waals surface area contributed by atoms with Crippen LogP contribution in [0.5, 0.6) is 5.75 Å². The third kappa shape index (κ3) is 4.59. The first kappa shape index (κ1) is 17.5. The van der Waals surface area contributed by atoms with Gasteiger partial charge in [0, 0.05) is 23.5 Å². The average Bonchev–Trinajstić information content (AvgIpc) is 2.52. The van der Waals surface area contributed by atoms with E-state index in [2.05, 4.69) is 22.2 Å². The number of aromatic hydroxyl groups is 1. The predicted molar refractivity (Wildman–Crippen MR) is 95.8 cm³/mol. The van der Waals surface area contributed by atoms with E-state index in [1.807, 2.05) is 45.0 Å². The Bertz CT molecular complexity index is 754. The molecule has 0 radical (unpaired) electrons. The second-order valence-corrected chi connectivity index (χ2v) is 6.05. The highest BCUT2D eigenvalue weighted by molar-refractivity contribution is 5.95. The molecule has 1 aromatic heterocycles. The fourth-order valence-corrected chi connectivity index (χ4v) is 2.34. The third-order valence-electron chi connectivity index (χ3n) is 3.39. The summed E-state index contributed by atoms with van der Waals surface area (Å²) in [6.07, 6.45) is 1.59. The second kappa shape index (κ2) is 7.64. The summed E-state index contributed by atoms with van der Waals surface area (Å²) < 4.78 is 0. The van der Waals surface area contributed by atoms with E-state index in [4.69, 9.17) is 0 Å². The molecule has 126 valence electrons. The Balaban J connectivity index is 2.09. The van der Waals surface area contributed by atoms with Crippen LogP contribution >= 0.6 is 0 Å². The Kier molecular flexibility index (Phi) is 5.58. The molecule has 2 rings (SSSR count). The lowest BCUT2D eigenvalue weighted by Gasteiger charge is -2.13. The van der Waals surface area contributed by atoms with Crippen LogP contribution in [0.3, 0.4) is 0 Å². The molecule has 1 amide bonds. The molecule has 0 fully saturated rings. The van der Waals surface area contributed by atoms with Crippen molar-refractivity contribution in [1.29, 1.82) is 0 Å². The van der Waals surface area contributed by atoms with Crippen molar-refractivity contribution in [1.82, 2.24) is 15.6 Å². The molecular formula is C19H23N3O2. The topological polar surface area (TPSA) is 74.2 Å². The zero-order valence-corrected chi connectivity index (χ0v) is 14.3. The lowest BCUT2D eigenvalue weighted by atomic mass is 10.0. The van der Waals surface area contributed by atoms with E-state index in [1.165, 1.54) is 0 Å². The van der Waals surface area contributed by atoms with Gasteiger partial charge in [0.2, 0.25) is 0 Å². The molecule has 0 saturated carbocycles. The van der Waals surface area contributed by atoms with Crippen LogP contribution in [-0.4, -0.2) is 28.6 Å². The first-order valence-corrected chi connectivity index (χ1v) is 7.85. The van der Waals surface area contributed by atoms with Gasteiger partial charge in [-0.1, -0.05) is 36.4 Å². The van der Waals surface area contributed by atoms with E-state index < -0.39 is 5.91 Å². The largest absolute Gasteiger partial charge is 0.505 e. The molecule has 0 unspecified atom stereocenters. The van der Waals surface area contributed by atoms with Gasteiger partial charge >= 0.3 is 0 Å². The smallest absolute Gasteiger partial charge is 0.274 e. The molecule has 5 nitrogen and oxygen atoms in total. The molecule has 2 aromatic rings. The minimum atomic E-state index is -0.435. The lowest BCUT2D eigenvalue weighted by molar-refractivity contribution is 0.0948. The molecule has 3 N–H and O–H groups in total. The van der Waals surface area contributed by atoms with E-state index in [1.54, 1.807) is 12.3 Å². The van der Waals surface area contributed by atoms with Crippen molar-refractivity contribution in [3.05, 3.63) is 60.1 Å². The Labute approximate surface area is 142 Å². The minimum Gasteiger partial charge on any atom is -0.505 e. The Morgan fingerprint density at radius 2 is 2.04 bits per heavy atom. The average molecular weight is 325 g/mol. The highest BCUT2D eigenvalue weighted by Gasteiger charge is 2.14. The number of nitrogens with zero attached hydrogens (tertiary/aromatic N) is 1. The summed E-state index contributed by atoms with van der Waals surface area (Å²) in [5.74, 6) is -0.580. The fraction of sp³-hybridized carbons (Fsp3) is 0.263. The minimum absolute atomic E-state index is 0.00347. The lowest BCUT2D eigenvalue weighted by Crippen LogP contribution is -2.32. The molecule has 0 atom stereocenters. The van der Waals surface area contributed by atoms with Gasteiger partial charge in [-0.05, 0) is 32.4 Å². The summed E-state index contributed by atoms with van der Waals surface area (Å²) in [6, 6.07) is 9.67. The van der Waals surface area contributed by atoms with Crippen molar-refractivity contribution in [3.63, 3.8) is 0 Å². The van der Waals surface area contributed by atoms with Crippen LogP contribution in [0.4, 0.5) is 0 Å². The van der Waals surface area contributed by atoms with Crippen molar-refractivity contribution in [2.75, 3.05) is 6.54 Å². The van der Waals surface area contributed by atoms with E-state index in [9.17, 15) is 9.90 Å². The van der Waals surface area contributed by atoms with E-state index in [0.717, 1.165) is 16.7 Å². The van der Waals surface area contributed by atoms with E-state index >= 15 is 0 Å². The number of nitrogens with one attached hydrogen (secondary N) is 2. The molecular weight excluding hydrogens is 302 g/mol. The number of carbonyl (C=O) groups is 1. The fourth-order valence-electron chi connectivity index (χ4n) is 2.34. The number of rotatable bonds is 6. The molecule has 0 saturated heterocycles. The first-order chi connectivity index (χ1) is 11.4. The maximum Gasteiger partial charge on any atom is 0.274 e. The highest BCUT2D eigenvalue weighted by atomic mass is 16.3. The van der Waals surface area contributed by atoms with Gasteiger partial charge in [0.25, 0.3) is 5.91 Å².